The van der Waals surface area contributed by atoms with Gasteiger partial charge in [0, 0.05) is 21.2 Å². The van der Waals surface area contributed by atoms with Crippen molar-refractivity contribution in [2.24, 2.45) is 0 Å². The molecule has 0 radical (unpaired) electrons. The molecule has 0 saturated heterocycles. The van der Waals surface area contributed by atoms with Gasteiger partial charge in [-0.2, -0.15) is 0 Å². The second kappa shape index (κ2) is 4.69. The lowest BCUT2D eigenvalue weighted by molar-refractivity contribution is 0.112. The summed E-state index contributed by atoms with van der Waals surface area (Å²) in [5, 5.41) is 1.19. The molecule has 0 aliphatic heterocycles. The van der Waals surface area contributed by atoms with Crippen LogP contribution in [0.5, 0.6) is 0 Å². The fourth-order valence-electron chi connectivity index (χ4n) is 1.54. The molecule has 0 heterocycles. The predicted octanol–water partition coefficient (Wildman–Crippen LogP) is 4.47. The largest absolute Gasteiger partial charge is 0.298 e. The van der Waals surface area contributed by atoms with Crippen molar-refractivity contribution in [1.29, 1.82) is 0 Å². The highest BCUT2D eigenvalue weighted by atomic mass is 35.5. The first kappa shape index (κ1) is 11.2. The van der Waals surface area contributed by atoms with Crippen LogP contribution in [0.1, 0.15) is 10.4 Å². The SMILES string of the molecule is O=Cc1ccc(Cl)cc1-c1ccccc1Cl. The third-order valence-corrected chi connectivity index (χ3v) is 2.87. The van der Waals surface area contributed by atoms with E-state index in [2.05, 4.69) is 0 Å². The molecule has 0 bridgehead atoms. The molecule has 2 rings (SSSR count). The van der Waals surface area contributed by atoms with Crippen LogP contribution in [0, 0.1) is 0 Å². The molecule has 3 heteroatoms. The van der Waals surface area contributed by atoms with Crippen LogP contribution < -0.4 is 0 Å². The Balaban J connectivity index is 2.67. The number of hydrogen-bond donors (Lipinski definition) is 0. The Labute approximate surface area is 104 Å². The van der Waals surface area contributed by atoms with Crippen molar-refractivity contribution in [3.63, 3.8) is 0 Å². The zero-order valence-corrected chi connectivity index (χ0v) is 9.79. The van der Waals surface area contributed by atoms with Gasteiger partial charge in [0.2, 0.25) is 0 Å². The molecule has 2 aromatic carbocycles. The molecule has 0 fully saturated rings. The van der Waals surface area contributed by atoms with E-state index >= 15 is 0 Å². The number of carbonyl (C=O) groups excluding carboxylic acids is 1. The highest BCUT2D eigenvalue weighted by Crippen LogP contribution is 2.31. The Morgan fingerprint density at radius 2 is 1.69 bits per heavy atom. The van der Waals surface area contributed by atoms with Gasteiger partial charge in [-0.3, -0.25) is 4.79 Å². The van der Waals surface area contributed by atoms with Gasteiger partial charge in [0.05, 0.1) is 0 Å². The molecule has 1 nitrogen and oxygen atoms in total. The molecule has 0 atom stereocenters. The summed E-state index contributed by atoms with van der Waals surface area (Å²) in [5.41, 5.74) is 2.15. The maximum atomic E-state index is 10.9. The van der Waals surface area contributed by atoms with Crippen LogP contribution in [-0.2, 0) is 0 Å². The molecule has 0 amide bonds. The minimum atomic E-state index is 0.581. The van der Waals surface area contributed by atoms with Crippen LogP contribution in [0.15, 0.2) is 42.5 Å². The third kappa shape index (κ3) is 2.11. The number of hydrogen-bond acceptors (Lipinski definition) is 1. The van der Waals surface area contributed by atoms with Crippen molar-refractivity contribution in [2.75, 3.05) is 0 Å². The second-order valence-corrected chi connectivity index (χ2v) is 4.17. The first-order valence-corrected chi connectivity index (χ1v) is 5.47. The average Bonchev–Trinajstić information content (AvgIpc) is 2.29. The molecule has 0 aliphatic carbocycles. The molecule has 0 saturated carbocycles. The van der Waals surface area contributed by atoms with E-state index < -0.39 is 0 Å². The van der Waals surface area contributed by atoms with Gasteiger partial charge in [-0.1, -0.05) is 41.4 Å². The second-order valence-electron chi connectivity index (χ2n) is 3.33. The molecular formula is C13H8Cl2O. The first-order valence-electron chi connectivity index (χ1n) is 4.72. The van der Waals surface area contributed by atoms with Crippen LogP contribution in [-0.4, -0.2) is 6.29 Å². The average molecular weight is 251 g/mol. The van der Waals surface area contributed by atoms with E-state index in [1.165, 1.54) is 0 Å². The van der Waals surface area contributed by atoms with Gasteiger partial charge < -0.3 is 0 Å². The van der Waals surface area contributed by atoms with E-state index in [1.807, 2.05) is 18.2 Å². The lowest BCUT2D eigenvalue weighted by Gasteiger charge is -2.07. The van der Waals surface area contributed by atoms with Crippen LogP contribution in [0.4, 0.5) is 0 Å². The lowest BCUT2D eigenvalue weighted by atomic mass is 10.0. The smallest absolute Gasteiger partial charge is 0.150 e. The Bertz CT molecular complexity index is 535. The summed E-state index contributed by atoms with van der Waals surface area (Å²) in [6, 6.07) is 12.5. The number of halogens is 2. The van der Waals surface area contributed by atoms with Crippen LogP contribution in [0.2, 0.25) is 10.0 Å². The molecule has 80 valence electrons. The molecule has 0 aliphatic rings. The summed E-state index contributed by atoms with van der Waals surface area (Å²) in [6.45, 7) is 0. The molecule has 0 aromatic heterocycles. The monoisotopic (exact) mass is 250 g/mol. The molecule has 0 N–H and O–H groups in total. The third-order valence-electron chi connectivity index (χ3n) is 2.31. The van der Waals surface area contributed by atoms with Gasteiger partial charge >= 0.3 is 0 Å². The van der Waals surface area contributed by atoms with Crippen molar-refractivity contribution < 1.29 is 4.79 Å². The van der Waals surface area contributed by atoms with Gasteiger partial charge in [-0.05, 0) is 29.8 Å². The Morgan fingerprint density at radius 3 is 2.38 bits per heavy atom. The first-order chi connectivity index (χ1) is 7.72. The summed E-state index contributed by atoms with van der Waals surface area (Å²) in [5.74, 6) is 0. The van der Waals surface area contributed by atoms with Crippen molar-refractivity contribution in [2.45, 2.75) is 0 Å². The van der Waals surface area contributed by atoms with Gasteiger partial charge in [-0.15, -0.1) is 0 Å². The van der Waals surface area contributed by atoms with Crippen molar-refractivity contribution >= 4 is 29.5 Å². The number of rotatable bonds is 2. The van der Waals surface area contributed by atoms with E-state index in [-0.39, 0.29) is 0 Å². The Hall–Kier alpha value is -1.31. The van der Waals surface area contributed by atoms with Gasteiger partial charge in [0.15, 0.2) is 6.29 Å². The maximum absolute atomic E-state index is 10.9. The summed E-state index contributed by atoms with van der Waals surface area (Å²) in [4.78, 5) is 10.9. The van der Waals surface area contributed by atoms with E-state index in [0.717, 1.165) is 17.4 Å². The zero-order valence-electron chi connectivity index (χ0n) is 8.28. The van der Waals surface area contributed by atoms with E-state index in [1.54, 1.807) is 24.3 Å². The molecule has 0 unspecified atom stereocenters. The number of benzene rings is 2. The predicted molar refractivity (Wildman–Crippen MR) is 67.3 cm³/mol. The maximum Gasteiger partial charge on any atom is 0.150 e. The normalized spacial score (nSPS) is 10.1. The fraction of sp³-hybridized carbons (Fsp3) is 0. The number of carbonyl (C=O) groups is 1. The molecule has 2 aromatic rings. The Morgan fingerprint density at radius 1 is 0.938 bits per heavy atom. The molecule has 0 spiro atoms. The summed E-state index contributed by atoms with van der Waals surface area (Å²) in [6.07, 6.45) is 0.801. The van der Waals surface area contributed by atoms with Crippen LogP contribution in [0.25, 0.3) is 11.1 Å². The van der Waals surface area contributed by atoms with E-state index in [0.29, 0.717) is 15.6 Å². The van der Waals surface area contributed by atoms with Crippen molar-refractivity contribution in [3.05, 3.63) is 58.1 Å². The standard InChI is InChI=1S/C13H8Cl2O/c14-10-6-5-9(8-16)12(7-10)11-3-1-2-4-13(11)15/h1-8H. The van der Waals surface area contributed by atoms with Crippen molar-refractivity contribution in [3.8, 4) is 11.1 Å². The van der Waals surface area contributed by atoms with Gasteiger partial charge in [0.25, 0.3) is 0 Å². The highest BCUT2D eigenvalue weighted by molar-refractivity contribution is 6.34. The quantitative estimate of drug-likeness (QED) is 0.719. The minimum Gasteiger partial charge on any atom is -0.298 e. The topological polar surface area (TPSA) is 17.1 Å². The van der Waals surface area contributed by atoms with Crippen LogP contribution in [0.3, 0.4) is 0 Å². The minimum absolute atomic E-state index is 0.581. The van der Waals surface area contributed by atoms with Gasteiger partial charge in [-0.25, -0.2) is 0 Å². The summed E-state index contributed by atoms with van der Waals surface area (Å²) < 4.78 is 0. The van der Waals surface area contributed by atoms with Crippen LogP contribution >= 0.6 is 23.2 Å². The molecular weight excluding hydrogens is 243 g/mol. The summed E-state index contributed by atoms with van der Waals surface area (Å²) in [7, 11) is 0. The highest BCUT2D eigenvalue weighted by Gasteiger charge is 2.08. The Kier molecular flexibility index (Phi) is 3.28. The fourth-order valence-corrected chi connectivity index (χ4v) is 1.95. The van der Waals surface area contributed by atoms with E-state index in [9.17, 15) is 4.79 Å². The summed E-state index contributed by atoms with van der Waals surface area (Å²) >= 11 is 12.0. The lowest BCUT2D eigenvalue weighted by Crippen LogP contribution is -1.88. The van der Waals surface area contributed by atoms with Crippen molar-refractivity contribution in [1.82, 2.24) is 0 Å². The number of aldehydes is 1. The zero-order chi connectivity index (χ0) is 11.5. The van der Waals surface area contributed by atoms with Gasteiger partial charge in [0.1, 0.15) is 0 Å². The molecule has 16 heavy (non-hydrogen) atoms. The van der Waals surface area contributed by atoms with E-state index in [4.69, 9.17) is 23.2 Å².